The molecular weight excluding hydrogens is 285 g/mol. The Bertz CT molecular complexity index is 529. The smallest absolute Gasteiger partial charge is 0.368 e. The molecule has 0 saturated heterocycles. The van der Waals surface area contributed by atoms with Gasteiger partial charge in [0.15, 0.2) is 0 Å². The van der Waals surface area contributed by atoms with Gasteiger partial charge < -0.3 is 11.1 Å². The van der Waals surface area contributed by atoms with Crippen molar-refractivity contribution in [3.05, 3.63) is 35.4 Å². The van der Waals surface area contributed by atoms with Crippen LogP contribution in [-0.2, 0) is 11.0 Å². The van der Waals surface area contributed by atoms with Gasteiger partial charge in [0, 0.05) is 0 Å². The molecule has 4 nitrogen and oxygen atoms in total. The molecule has 1 aromatic rings. The van der Waals surface area contributed by atoms with Gasteiger partial charge in [0.2, 0.25) is 5.91 Å². The van der Waals surface area contributed by atoms with E-state index in [1.165, 1.54) is 12.1 Å². The van der Waals surface area contributed by atoms with Gasteiger partial charge >= 0.3 is 6.18 Å². The number of primary amides is 1. The third kappa shape index (κ3) is 4.21. The van der Waals surface area contributed by atoms with Crippen LogP contribution in [0, 0.1) is 5.92 Å². The van der Waals surface area contributed by atoms with Gasteiger partial charge in [0.1, 0.15) is 6.04 Å². The summed E-state index contributed by atoms with van der Waals surface area (Å²) >= 11 is 0. The molecule has 0 heterocycles. The third-order valence-corrected chi connectivity index (χ3v) is 3.28. The van der Waals surface area contributed by atoms with Gasteiger partial charge in [0.25, 0.3) is 5.91 Å². The average molecular weight is 302 g/mol. The van der Waals surface area contributed by atoms with Crippen LogP contribution in [0.1, 0.15) is 36.2 Å². The molecule has 0 saturated carbocycles. The molecule has 7 heteroatoms. The molecule has 0 aliphatic carbocycles. The fourth-order valence-corrected chi connectivity index (χ4v) is 1.88. The molecule has 0 spiro atoms. The number of rotatable bonds is 5. The van der Waals surface area contributed by atoms with Crippen LogP contribution < -0.4 is 11.1 Å². The number of hydrogen-bond acceptors (Lipinski definition) is 2. The number of hydrogen-bond donors (Lipinski definition) is 2. The Morgan fingerprint density at radius 3 is 2.33 bits per heavy atom. The highest BCUT2D eigenvalue weighted by Gasteiger charge is 2.35. The third-order valence-electron chi connectivity index (χ3n) is 3.28. The van der Waals surface area contributed by atoms with Crippen molar-refractivity contribution in [2.75, 3.05) is 0 Å². The van der Waals surface area contributed by atoms with Crippen molar-refractivity contribution < 1.29 is 22.8 Å². The van der Waals surface area contributed by atoms with E-state index in [-0.39, 0.29) is 5.92 Å². The number of nitrogens with two attached hydrogens (primary N) is 1. The van der Waals surface area contributed by atoms with Crippen LogP contribution in [0.5, 0.6) is 0 Å². The number of alkyl halides is 3. The number of amides is 2. The molecule has 3 N–H and O–H groups in total. The molecule has 0 fully saturated rings. The molecule has 2 atom stereocenters. The lowest BCUT2D eigenvalue weighted by molar-refractivity contribution is -0.137. The quantitative estimate of drug-likeness (QED) is 0.876. The second-order valence-electron chi connectivity index (χ2n) is 4.78. The van der Waals surface area contributed by atoms with Crippen molar-refractivity contribution in [1.82, 2.24) is 5.32 Å². The van der Waals surface area contributed by atoms with Crippen molar-refractivity contribution in [1.29, 1.82) is 0 Å². The second-order valence-corrected chi connectivity index (χ2v) is 4.78. The van der Waals surface area contributed by atoms with Gasteiger partial charge in [-0.2, -0.15) is 13.2 Å². The number of carbonyl (C=O) groups excluding carboxylic acids is 2. The van der Waals surface area contributed by atoms with E-state index in [1.54, 1.807) is 13.8 Å². The molecule has 0 unspecified atom stereocenters. The zero-order valence-corrected chi connectivity index (χ0v) is 11.7. The fourth-order valence-electron chi connectivity index (χ4n) is 1.88. The highest BCUT2D eigenvalue weighted by atomic mass is 19.4. The molecule has 116 valence electrons. The van der Waals surface area contributed by atoms with E-state index in [4.69, 9.17) is 5.73 Å². The maximum atomic E-state index is 12.9. The monoisotopic (exact) mass is 302 g/mol. The average Bonchev–Trinajstić information content (AvgIpc) is 2.42. The van der Waals surface area contributed by atoms with Gasteiger partial charge in [0.05, 0.1) is 11.1 Å². The van der Waals surface area contributed by atoms with Crippen molar-refractivity contribution >= 4 is 11.8 Å². The molecule has 0 bridgehead atoms. The van der Waals surface area contributed by atoms with Gasteiger partial charge in [-0.15, -0.1) is 0 Å². The summed E-state index contributed by atoms with van der Waals surface area (Å²) in [6.45, 7) is 3.47. The van der Waals surface area contributed by atoms with Crippen LogP contribution in [-0.4, -0.2) is 17.9 Å². The van der Waals surface area contributed by atoms with Crippen LogP contribution in [0.2, 0.25) is 0 Å². The van der Waals surface area contributed by atoms with Crippen LogP contribution in [0.3, 0.4) is 0 Å². The minimum atomic E-state index is -4.65. The summed E-state index contributed by atoms with van der Waals surface area (Å²) < 4.78 is 38.6. The lowest BCUT2D eigenvalue weighted by atomic mass is 9.97. The van der Waals surface area contributed by atoms with E-state index in [1.807, 2.05) is 0 Å². The zero-order chi connectivity index (χ0) is 16.2. The van der Waals surface area contributed by atoms with Crippen molar-refractivity contribution in [2.45, 2.75) is 32.5 Å². The topological polar surface area (TPSA) is 72.2 Å². The van der Waals surface area contributed by atoms with Crippen molar-refractivity contribution in [3.63, 3.8) is 0 Å². The normalized spacial score (nSPS) is 14.3. The molecule has 0 aliphatic heterocycles. The summed E-state index contributed by atoms with van der Waals surface area (Å²) in [5.41, 5.74) is 3.61. The first-order valence-electron chi connectivity index (χ1n) is 6.44. The Morgan fingerprint density at radius 2 is 1.86 bits per heavy atom. The Labute approximate surface area is 120 Å². The first kappa shape index (κ1) is 17.0. The minimum absolute atomic E-state index is 0.274. The highest BCUT2D eigenvalue weighted by Crippen LogP contribution is 2.31. The fraction of sp³-hybridized carbons (Fsp3) is 0.429. The summed E-state index contributed by atoms with van der Waals surface area (Å²) in [6, 6.07) is 3.39. The van der Waals surface area contributed by atoms with Crippen molar-refractivity contribution in [2.24, 2.45) is 11.7 Å². The zero-order valence-electron chi connectivity index (χ0n) is 11.7. The summed E-state index contributed by atoms with van der Waals surface area (Å²) in [5, 5.41) is 2.28. The van der Waals surface area contributed by atoms with E-state index < -0.39 is 35.2 Å². The highest BCUT2D eigenvalue weighted by molar-refractivity contribution is 5.98. The molecule has 0 aromatic heterocycles. The van der Waals surface area contributed by atoms with E-state index in [0.717, 1.165) is 12.1 Å². The molecule has 0 aliphatic rings. The van der Waals surface area contributed by atoms with E-state index in [0.29, 0.717) is 6.42 Å². The lowest BCUT2D eigenvalue weighted by Crippen LogP contribution is -2.48. The van der Waals surface area contributed by atoms with E-state index in [2.05, 4.69) is 5.32 Å². The molecule has 1 aromatic carbocycles. The maximum absolute atomic E-state index is 12.9. The van der Waals surface area contributed by atoms with E-state index in [9.17, 15) is 22.8 Å². The van der Waals surface area contributed by atoms with Crippen LogP contribution >= 0.6 is 0 Å². The number of carbonyl (C=O) groups is 2. The Hall–Kier alpha value is -2.05. The lowest BCUT2D eigenvalue weighted by Gasteiger charge is -2.22. The molecular formula is C14H17F3N2O2. The summed E-state index contributed by atoms with van der Waals surface area (Å²) in [4.78, 5) is 23.4. The number of benzene rings is 1. The SMILES string of the molecule is CC[C@H](C)[C@H](NC(=O)c1ccccc1C(F)(F)F)C(N)=O. The van der Waals surface area contributed by atoms with Crippen LogP contribution in [0.25, 0.3) is 0 Å². The number of halogens is 3. The predicted octanol–water partition coefficient (Wildman–Crippen LogP) is 2.34. The minimum Gasteiger partial charge on any atom is -0.368 e. The van der Waals surface area contributed by atoms with Gasteiger partial charge in [-0.05, 0) is 18.1 Å². The van der Waals surface area contributed by atoms with Gasteiger partial charge in [-0.25, -0.2) is 0 Å². The molecule has 1 rings (SSSR count). The summed E-state index contributed by atoms with van der Waals surface area (Å²) in [6.07, 6.45) is -4.10. The second kappa shape index (κ2) is 6.60. The summed E-state index contributed by atoms with van der Waals surface area (Å²) in [7, 11) is 0. The van der Waals surface area contributed by atoms with Gasteiger partial charge in [-0.1, -0.05) is 32.4 Å². The van der Waals surface area contributed by atoms with Crippen LogP contribution in [0.4, 0.5) is 13.2 Å². The Morgan fingerprint density at radius 1 is 1.29 bits per heavy atom. The Kier molecular flexibility index (Phi) is 5.34. The summed E-state index contributed by atoms with van der Waals surface area (Å²) in [5.74, 6) is -2.02. The van der Waals surface area contributed by atoms with Gasteiger partial charge in [-0.3, -0.25) is 9.59 Å². The van der Waals surface area contributed by atoms with E-state index >= 15 is 0 Å². The van der Waals surface area contributed by atoms with Crippen molar-refractivity contribution in [3.8, 4) is 0 Å². The first-order valence-corrected chi connectivity index (χ1v) is 6.44. The molecule has 2 amide bonds. The molecule has 0 radical (unpaired) electrons. The standard InChI is InChI=1S/C14H17F3N2O2/c1-3-8(2)11(12(18)20)19-13(21)9-6-4-5-7-10(9)14(15,16)17/h4-8,11H,3H2,1-2H3,(H2,18,20)(H,19,21)/t8-,11-/m0/s1. The number of nitrogens with one attached hydrogen (secondary N) is 1. The van der Waals surface area contributed by atoms with Crippen LogP contribution in [0.15, 0.2) is 24.3 Å². The maximum Gasteiger partial charge on any atom is 0.417 e. The first-order chi connectivity index (χ1) is 9.68. The predicted molar refractivity (Wildman–Crippen MR) is 71.3 cm³/mol. The Balaban J connectivity index is 3.07. The molecule has 21 heavy (non-hydrogen) atoms. The largest absolute Gasteiger partial charge is 0.417 e.